The van der Waals surface area contributed by atoms with Crippen LogP contribution in [0.1, 0.15) is 6.42 Å². The summed E-state index contributed by atoms with van der Waals surface area (Å²) in [5.41, 5.74) is 0.213. The van der Waals surface area contributed by atoms with E-state index in [1.807, 2.05) is 0 Å². The molecule has 1 heterocycles. The number of likely N-dealkylation sites (N-methyl/N-ethyl adjacent to an activating group) is 1. The van der Waals surface area contributed by atoms with Crippen molar-refractivity contribution in [3.8, 4) is 0 Å². The second-order valence-corrected chi connectivity index (χ2v) is 7.32. The van der Waals surface area contributed by atoms with E-state index in [-0.39, 0.29) is 23.6 Å². The van der Waals surface area contributed by atoms with Crippen LogP contribution >= 0.6 is 0 Å². The molecule has 2 aromatic carbocycles. The van der Waals surface area contributed by atoms with Gasteiger partial charge in [0, 0.05) is 5.69 Å². The number of rotatable bonds is 5. The molecule has 1 aliphatic heterocycles. The van der Waals surface area contributed by atoms with Crippen LogP contribution in [-0.4, -0.2) is 55.0 Å². The maximum absolute atomic E-state index is 13.7. The maximum Gasteiger partial charge on any atom is 0.409 e. The van der Waals surface area contributed by atoms with E-state index in [0.717, 1.165) is 6.07 Å². The molecule has 3 amide bonds. The molecule has 0 spiro atoms. The SMILES string of the molecule is CN(CC(=O)Nc1cccc(F)c1)CC(=O)N1c2ccccc2NC(=O)CC1C(F)(F)F. The van der Waals surface area contributed by atoms with E-state index in [9.17, 15) is 31.9 Å². The molecule has 32 heavy (non-hydrogen) atoms. The van der Waals surface area contributed by atoms with Crippen LogP contribution in [0.5, 0.6) is 0 Å². The molecular formula is C21H20F4N4O3. The molecule has 0 saturated heterocycles. The normalized spacial score (nSPS) is 16.2. The van der Waals surface area contributed by atoms with Crippen molar-refractivity contribution in [2.24, 2.45) is 0 Å². The van der Waals surface area contributed by atoms with Gasteiger partial charge in [-0.05, 0) is 37.4 Å². The zero-order valence-electron chi connectivity index (χ0n) is 16.9. The van der Waals surface area contributed by atoms with E-state index in [1.165, 1.54) is 54.4 Å². The lowest BCUT2D eigenvalue weighted by molar-refractivity contribution is -0.158. The molecule has 1 unspecified atom stereocenters. The Morgan fingerprint density at radius 1 is 1.16 bits per heavy atom. The van der Waals surface area contributed by atoms with E-state index >= 15 is 0 Å². The number of benzene rings is 2. The number of para-hydroxylation sites is 2. The number of alkyl halides is 3. The van der Waals surface area contributed by atoms with E-state index in [1.54, 1.807) is 0 Å². The van der Waals surface area contributed by atoms with Crippen LogP contribution in [0.15, 0.2) is 48.5 Å². The number of anilines is 3. The molecule has 0 aliphatic carbocycles. The number of halogens is 4. The van der Waals surface area contributed by atoms with Crippen LogP contribution in [0.25, 0.3) is 0 Å². The highest BCUT2D eigenvalue weighted by molar-refractivity contribution is 6.05. The van der Waals surface area contributed by atoms with Crippen molar-refractivity contribution in [3.63, 3.8) is 0 Å². The first kappa shape index (κ1) is 23.2. The van der Waals surface area contributed by atoms with Gasteiger partial charge >= 0.3 is 6.18 Å². The molecule has 11 heteroatoms. The Balaban J connectivity index is 1.76. The lowest BCUT2D eigenvalue weighted by Gasteiger charge is -2.32. The van der Waals surface area contributed by atoms with Gasteiger partial charge in [0.2, 0.25) is 17.7 Å². The summed E-state index contributed by atoms with van der Waals surface area (Å²) < 4.78 is 54.5. The van der Waals surface area contributed by atoms with Crippen molar-refractivity contribution >= 4 is 34.8 Å². The molecule has 170 valence electrons. The zero-order chi connectivity index (χ0) is 23.5. The number of hydrogen-bond acceptors (Lipinski definition) is 4. The fraction of sp³-hybridized carbons (Fsp3) is 0.286. The fourth-order valence-electron chi connectivity index (χ4n) is 3.37. The summed E-state index contributed by atoms with van der Waals surface area (Å²) in [6, 6.07) is 8.54. The van der Waals surface area contributed by atoms with Crippen molar-refractivity contribution in [1.29, 1.82) is 0 Å². The van der Waals surface area contributed by atoms with Crippen LogP contribution < -0.4 is 15.5 Å². The second-order valence-electron chi connectivity index (χ2n) is 7.32. The third kappa shape index (κ3) is 5.61. The van der Waals surface area contributed by atoms with Crippen molar-refractivity contribution < 1.29 is 31.9 Å². The van der Waals surface area contributed by atoms with Gasteiger partial charge in [-0.3, -0.25) is 24.2 Å². The zero-order valence-corrected chi connectivity index (χ0v) is 16.9. The Kier molecular flexibility index (Phi) is 6.78. The van der Waals surface area contributed by atoms with Gasteiger partial charge in [0.25, 0.3) is 0 Å². The number of carbonyl (C=O) groups excluding carboxylic acids is 3. The van der Waals surface area contributed by atoms with Gasteiger partial charge in [-0.1, -0.05) is 18.2 Å². The highest BCUT2D eigenvalue weighted by Crippen LogP contribution is 2.37. The Morgan fingerprint density at radius 3 is 2.56 bits per heavy atom. The summed E-state index contributed by atoms with van der Waals surface area (Å²) in [6.07, 6.45) is -5.80. The molecule has 7 nitrogen and oxygen atoms in total. The van der Waals surface area contributed by atoms with Crippen molar-refractivity contribution in [2.45, 2.75) is 18.6 Å². The molecule has 1 atom stereocenters. The van der Waals surface area contributed by atoms with E-state index < -0.39 is 48.7 Å². The smallest absolute Gasteiger partial charge is 0.325 e. The summed E-state index contributed by atoms with van der Waals surface area (Å²) in [4.78, 5) is 38.9. The topological polar surface area (TPSA) is 81.8 Å². The predicted molar refractivity (Wildman–Crippen MR) is 110 cm³/mol. The van der Waals surface area contributed by atoms with Gasteiger partial charge < -0.3 is 10.6 Å². The lowest BCUT2D eigenvalue weighted by atomic mass is 10.1. The van der Waals surface area contributed by atoms with Gasteiger partial charge in [-0.15, -0.1) is 0 Å². The molecule has 2 N–H and O–H groups in total. The largest absolute Gasteiger partial charge is 0.409 e. The van der Waals surface area contributed by atoms with Gasteiger partial charge in [-0.2, -0.15) is 13.2 Å². The minimum Gasteiger partial charge on any atom is -0.325 e. The third-order valence-electron chi connectivity index (χ3n) is 4.70. The monoisotopic (exact) mass is 452 g/mol. The number of amides is 3. The van der Waals surface area contributed by atoms with Crippen LogP contribution in [0, 0.1) is 5.82 Å². The molecule has 0 saturated carbocycles. The Bertz CT molecular complexity index is 1030. The number of fused-ring (bicyclic) bond motifs is 1. The summed E-state index contributed by atoms with van der Waals surface area (Å²) in [5.74, 6) is -2.92. The first-order valence-corrected chi connectivity index (χ1v) is 9.56. The van der Waals surface area contributed by atoms with Crippen LogP contribution in [0.4, 0.5) is 34.6 Å². The van der Waals surface area contributed by atoms with Crippen molar-refractivity contribution in [2.75, 3.05) is 35.7 Å². The first-order chi connectivity index (χ1) is 15.0. The minimum absolute atomic E-state index is 0.0803. The number of nitrogens with one attached hydrogen (secondary N) is 2. The molecule has 1 aliphatic rings. The van der Waals surface area contributed by atoms with E-state index in [0.29, 0.717) is 4.90 Å². The van der Waals surface area contributed by atoms with Crippen LogP contribution in [0.3, 0.4) is 0 Å². The molecule has 0 fully saturated rings. The average molecular weight is 452 g/mol. The standard InChI is InChI=1S/C21H20F4N4O3/c1-28(11-19(31)26-14-6-4-5-13(22)9-14)12-20(32)29-16-8-3-2-7-15(16)27-18(30)10-17(29)21(23,24)25/h2-9,17H,10-12H2,1H3,(H,26,31)(H,27,30). The third-order valence-corrected chi connectivity index (χ3v) is 4.70. The molecule has 0 aromatic heterocycles. The predicted octanol–water partition coefficient (Wildman–Crippen LogP) is 3.00. The van der Waals surface area contributed by atoms with E-state index in [4.69, 9.17) is 0 Å². The Hall–Kier alpha value is -3.47. The summed E-state index contributed by atoms with van der Waals surface area (Å²) in [7, 11) is 1.39. The number of hydrogen-bond donors (Lipinski definition) is 2. The van der Waals surface area contributed by atoms with E-state index in [2.05, 4.69) is 10.6 Å². The molecular weight excluding hydrogens is 432 g/mol. The second kappa shape index (κ2) is 9.35. The summed E-state index contributed by atoms with van der Waals surface area (Å²) in [5, 5.41) is 4.84. The summed E-state index contributed by atoms with van der Waals surface area (Å²) in [6.45, 7) is -0.850. The van der Waals surface area contributed by atoms with Gasteiger partial charge in [-0.25, -0.2) is 4.39 Å². The van der Waals surface area contributed by atoms with Crippen LogP contribution in [0.2, 0.25) is 0 Å². The molecule has 0 radical (unpaired) electrons. The van der Waals surface area contributed by atoms with Gasteiger partial charge in [0.1, 0.15) is 11.9 Å². The first-order valence-electron chi connectivity index (χ1n) is 9.56. The molecule has 0 bridgehead atoms. The van der Waals surface area contributed by atoms with Gasteiger partial charge in [0.15, 0.2) is 0 Å². The van der Waals surface area contributed by atoms with Crippen molar-refractivity contribution in [3.05, 3.63) is 54.3 Å². The van der Waals surface area contributed by atoms with Crippen LogP contribution in [-0.2, 0) is 14.4 Å². The maximum atomic E-state index is 13.7. The van der Waals surface area contributed by atoms with Crippen molar-refractivity contribution in [1.82, 2.24) is 4.90 Å². The number of carbonyl (C=O) groups is 3. The quantitative estimate of drug-likeness (QED) is 0.684. The summed E-state index contributed by atoms with van der Waals surface area (Å²) >= 11 is 0. The Labute approximate surface area is 181 Å². The fourth-order valence-corrected chi connectivity index (χ4v) is 3.37. The van der Waals surface area contributed by atoms with Gasteiger partial charge in [0.05, 0.1) is 30.9 Å². The molecule has 3 rings (SSSR count). The highest BCUT2D eigenvalue weighted by atomic mass is 19.4. The highest BCUT2D eigenvalue weighted by Gasteiger charge is 2.49. The minimum atomic E-state index is -4.85. The number of nitrogens with zero attached hydrogens (tertiary/aromatic N) is 2. The Morgan fingerprint density at radius 2 is 1.88 bits per heavy atom. The lowest BCUT2D eigenvalue weighted by Crippen LogP contribution is -2.52. The molecule has 2 aromatic rings. The average Bonchev–Trinajstić information content (AvgIpc) is 2.83.